The van der Waals surface area contributed by atoms with Gasteiger partial charge in [-0.3, -0.25) is 0 Å². The van der Waals surface area contributed by atoms with Gasteiger partial charge in [-0.15, -0.1) is 0 Å². The van der Waals surface area contributed by atoms with Crippen molar-refractivity contribution in [1.82, 2.24) is 4.72 Å². The molecule has 0 aromatic heterocycles. The monoisotopic (exact) mass is 399 g/mol. The minimum atomic E-state index is -3.70. The van der Waals surface area contributed by atoms with E-state index in [-0.39, 0.29) is 17.3 Å². The van der Waals surface area contributed by atoms with Gasteiger partial charge in [-0.1, -0.05) is 52.3 Å². The SMILES string of the molecule is CNS(=O)(=O)c1cc([C@@H](O)CBr)ccc1OCc1ccccc1. The number of ether oxygens (including phenoxy) is 1. The van der Waals surface area contributed by atoms with Gasteiger partial charge in [0.1, 0.15) is 17.3 Å². The van der Waals surface area contributed by atoms with Gasteiger partial charge in [0.2, 0.25) is 10.0 Å². The summed E-state index contributed by atoms with van der Waals surface area (Å²) in [5.74, 6) is 0.244. The lowest BCUT2D eigenvalue weighted by molar-refractivity contribution is 0.205. The van der Waals surface area contributed by atoms with Gasteiger partial charge in [0, 0.05) is 5.33 Å². The predicted octanol–water partition coefficient (Wildman–Crippen LogP) is 2.60. The van der Waals surface area contributed by atoms with Crippen molar-refractivity contribution < 1.29 is 18.3 Å². The molecule has 2 N–H and O–H groups in total. The molecule has 2 aromatic carbocycles. The molecule has 124 valence electrons. The number of halogens is 1. The van der Waals surface area contributed by atoms with Crippen LogP contribution >= 0.6 is 15.9 Å². The number of hydrogen-bond acceptors (Lipinski definition) is 4. The second kappa shape index (κ2) is 7.92. The third-order valence-corrected chi connectivity index (χ3v) is 5.34. The summed E-state index contributed by atoms with van der Waals surface area (Å²) in [4.78, 5) is 0.00781. The molecule has 0 aliphatic rings. The van der Waals surface area contributed by atoms with Gasteiger partial charge in [-0.25, -0.2) is 13.1 Å². The zero-order valence-electron chi connectivity index (χ0n) is 12.6. The van der Waals surface area contributed by atoms with Gasteiger partial charge in [0.25, 0.3) is 0 Å². The Morgan fingerprint density at radius 2 is 1.91 bits per heavy atom. The minimum Gasteiger partial charge on any atom is -0.487 e. The number of benzene rings is 2. The number of rotatable bonds is 7. The molecule has 0 amide bonds. The lowest BCUT2D eigenvalue weighted by Crippen LogP contribution is -2.20. The van der Waals surface area contributed by atoms with E-state index in [9.17, 15) is 13.5 Å². The number of alkyl halides is 1. The molecule has 0 saturated heterocycles. The first-order valence-electron chi connectivity index (χ1n) is 6.96. The molecule has 5 nitrogen and oxygen atoms in total. The van der Waals surface area contributed by atoms with Crippen LogP contribution in [0, 0.1) is 0 Å². The van der Waals surface area contributed by atoms with Gasteiger partial charge in [0.15, 0.2) is 0 Å². The van der Waals surface area contributed by atoms with Crippen LogP contribution in [-0.4, -0.2) is 25.9 Å². The van der Waals surface area contributed by atoms with Crippen molar-refractivity contribution in [2.45, 2.75) is 17.6 Å². The molecule has 0 spiro atoms. The smallest absolute Gasteiger partial charge is 0.244 e. The van der Waals surface area contributed by atoms with Crippen molar-refractivity contribution in [3.8, 4) is 5.75 Å². The van der Waals surface area contributed by atoms with E-state index in [4.69, 9.17) is 4.74 Å². The molecule has 0 aliphatic carbocycles. The fraction of sp³-hybridized carbons (Fsp3) is 0.250. The van der Waals surface area contributed by atoms with Crippen molar-refractivity contribution in [2.24, 2.45) is 0 Å². The van der Waals surface area contributed by atoms with E-state index in [1.165, 1.54) is 13.1 Å². The topological polar surface area (TPSA) is 75.6 Å². The Labute approximate surface area is 144 Å². The van der Waals surface area contributed by atoms with E-state index in [1.807, 2.05) is 30.3 Å². The summed E-state index contributed by atoms with van der Waals surface area (Å²) in [6.45, 7) is 0.257. The highest BCUT2D eigenvalue weighted by Gasteiger charge is 2.20. The minimum absolute atomic E-state index is 0.00781. The van der Waals surface area contributed by atoms with Crippen LogP contribution in [-0.2, 0) is 16.6 Å². The van der Waals surface area contributed by atoms with Crippen LogP contribution in [0.2, 0.25) is 0 Å². The molecule has 2 rings (SSSR count). The van der Waals surface area contributed by atoms with Crippen molar-refractivity contribution in [3.05, 3.63) is 59.7 Å². The molecule has 0 bridgehead atoms. The maximum absolute atomic E-state index is 12.2. The number of nitrogens with one attached hydrogen (secondary N) is 1. The molecule has 2 aromatic rings. The maximum Gasteiger partial charge on any atom is 0.244 e. The van der Waals surface area contributed by atoms with E-state index >= 15 is 0 Å². The fourth-order valence-corrected chi connectivity index (χ4v) is 3.27. The Bertz CT molecular complexity index is 750. The van der Waals surface area contributed by atoms with Crippen molar-refractivity contribution in [2.75, 3.05) is 12.4 Å². The highest BCUT2D eigenvalue weighted by atomic mass is 79.9. The molecule has 0 saturated carbocycles. The number of hydrogen-bond donors (Lipinski definition) is 2. The Morgan fingerprint density at radius 3 is 2.52 bits per heavy atom. The molecule has 23 heavy (non-hydrogen) atoms. The second-order valence-electron chi connectivity index (χ2n) is 4.86. The van der Waals surface area contributed by atoms with Crippen LogP contribution in [0.15, 0.2) is 53.4 Å². The van der Waals surface area contributed by atoms with E-state index in [0.29, 0.717) is 10.9 Å². The van der Waals surface area contributed by atoms with Crippen molar-refractivity contribution in [1.29, 1.82) is 0 Å². The van der Waals surface area contributed by atoms with Gasteiger partial charge in [-0.2, -0.15) is 0 Å². The lowest BCUT2D eigenvalue weighted by atomic mass is 10.1. The zero-order chi connectivity index (χ0) is 16.9. The predicted molar refractivity (Wildman–Crippen MR) is 92.2 cm³/mol. The molecule has 0 unspecified atom stereocenters. The Balaban J connectivity index is 2.34. The van der Waals surface area contributed by atoms with Gasteiger partial charge in [-0.05, 0) is 30.3 Å². The van der Waals surface area contributed by atoms with Gasteiger partial charge >= 0.3 is 0 Å². The van der Waals surface area contributed by atoms with Gasteiger partial charge in [0.05, 0.1) is 6.10 Å². The zero-order valence-corrected chi connectivity index (χ0v) is 15.0. The molecule has 0 radical (unpaired) electrons. The average Bonchev–Trinajstić information content (AvgIpc) is 2.60. The Hall–Kier alpha value is -1.41. The number of sulfonamides is 1. The van der Waals surface area contributed by atoms with E-state index in [2.05, 4.69) is 20.7 Å². The molecule has 0 aliphatic heterocycles. The summed E-state index contributed by atoms with van der Waals surface area (Å²) in [6, 6.07) is 14.1. The quantitative estimate of drug-likeness (QED) is 0.701. The third-order valence-electron chi connectivity index (χ3n) is 3.29. The van der Waals surface area contributed by atoms with E-state index < -0.39 is 16.1 Å². The van der Waals surface area contributed by atoms with Crippen LogP contribution in [0.25, 0.3) is 0 Å². The normalized spacial score (nSPS) is 12.8. The molecule has 7 heteroatoms. The van der Waals surface area contributed by atoms with Crippen molar-refractivity contribution in [3.63, 3.8) is 0 Å². The summed E-state index contributed by atoms with van der Waals surface area (Å²) >= 11 is 3.18. The van der Waals surface area contributed by atoms with Crippen LogP contribution in [0.4, 0.5) is 0 Å². The number of aliphatic hydroxyl groups excluding tert-OH is 1. The van der Waals surface area contributed by atoms with Gasteiger partial charge < -0.3 is 9.84 Å². The standard InChI is InChI=1S/C16H18BrNO4S/c1-18-23(20,21)16-9-13(14(19)10-17)7-8-15(16)22-11-12-5-3-2-4-6-12/h2-9,14,18-19H,10-11H2,1H3/t14-/m0/s1. The van der Waals surface area contributed by atoms with Crippen LogP contribution < -0.4 is 9.46 Å². The Morgan fingerprint density at radius 1 is 1.22 bits per heavy atom. The van der Waals surface area contributed by atoms with Crippen LogP contribution in [0.5, 0.6) is 5.75 Å². The highest BCUT2D eigenvalue weighted by Crippen LogP contribution is 2.28. The van der Waals surface area contributed by atoms with Crippen molar-refractivity contribution >= 4 is 26.0 Å². The van der Waals surface area contributed by atoms with E-state index in [0.717, 1.165) is 5.56 Å². The molecule has 0 fully saturated rings. The first kappa shape index (κ1) is 17.9. The first-order chi connectivity index (χ1) is 11.0. The fourth-order valence-electron chi connectivity index (χ4n) is 2.00. The second-order valence-corrected chi connectivity index (χ2v) is 7.36. The Kier molecular flexibility index (Phi) is 6.17. The highest BCUT2D eigenvalue weighted by molar-refractivity contribution is 9.09. The summed E-state index contributed by atoms with van der Waals surface area (Å²) < 4.78 is 32.4. The largest absolute Gasteiger partial charge is 0.487 e. The summed E-state index contributed by atoms with van der Waals surface area (Å²) in [5, 5.41) is 10.2. The lowest BCUT2D eigenvalue weighted by Gasteiger charge is -2.15. The van der Waals surface area contributed by atoms with Crippen LogP contribution in [0.1, 0.15) is 17.2 Å². The molecular weight excluding hydrogens is 382 g/mol. The van der Waals surface area contributed by atoms with E-state index in [1.54, 1.807) is 12.1 Å². The number of aliphatic hydroxyl groups is 1. The first-order valence-corrected chi connectivity index (χ1v) is 9.56. The summed E-state index contributed by atoms with van der Waals surface area (Å²) in [7, 11) is -2.36. The van der Waals surface area contributed by atoms with Crippen LogP contribution in [0.3, 0.4) is 0 Å². The maximum atomic E-state index is 12.2. The third kappa shape index (κ3) is 4.54. The summed E-state index contributed by atoms with van der Waals surface area (Å²) in [6.07, 6.45) is -0.788. The molecule has 1 atom stereocenters. The molecule has 0 heterocycles. The molecular formula is C16H18BrNO4S. The average molecular weight is 400 g/mol. The summed E-state index contributed by atoms with van der Waals surface area (Å²) in [5.41, 5.74) is 1.44.